The maximum atomic E-state index is 9.68. The Morgan fingerprint density at radius 1 is 1.75 bits per heavy atom. The van der Waals surface area contributed by atoms with Crippen LogP contribution in [0.3, 0.4) is 0 Å². The smallest absolute Gasteiger partial charge is 0.432 e. The lowest BCUT2D eigenvalue weighted by atomic mass is 10.9. The van der Waals surface area contributed by atoms with Crippen LogP contribution in [0.2, 0.25) is 0 Å². The van der Waals surface area contributed by atoms with Crippen molar-refractivity contribution < 1.29 is 9.90 Å². The molecular formula is C4H8N2O2. The second-order valence-electron chi connectivity index (χ2n) is 1.49. The zero-order valence-electron chi connectivity index (χ0n) is 4.83. The maximum Gasteiger partial charge on any atom is 0.432 e. The molecule has 1 amide bonds. The van der Waals surface area contributed by atoms with Gasteiger partial charge in [-0.1, -0.05) is 0 Å². The van der Waals surface area contributed by atoms with Gasteiger partial charge in [-0.05, 0) is 0 Å². The van der Waals surface area contributed by atoms with E-state index in [2.05, 4.69) is 4.99 Å². The average Bonchev–Trinajstić information content (AvgIpc) is 1.61. The fraction of sp³-hybridized carbons (Fsp3) is 0.500. The maximum absolute atomic E-state index is 9.68. The van der Waals surface area contributed by atoms with E-state index in [0.29, 0.717) is 0 Å². The lowest BCUT2D eigenvalue weighted by molar-refractivity contribution is 0.205. The van der Waals surface area contributed by atoms with Crippen molar-refractivity contribution in [1.82, 2.24) is 4.90 Å². The number of aliphatic imine (C=N–C) groups is 1. The summed E-state index contributed by atoms with van der Waals surface area (Å²) in [6, 6.07) is 0. The molecule has 0 radical (unpaired) electrons. The molecule has 1 N–H and O–H groups in total. The average molecular weight is 116 g/mol. The second kappa shape index (κ2) is 3.01. The highest BCUT2D eigenvalue weighted by atomic mass is 16.4. The van der Waals surface area contributed by atoms with Gasteiger partial charge in [-0.25, -0.2) is 4.79 Å². The number of carboxylic acid groups (broad SMARTS) is 1. The van der Waals surface area contributed by atoms with Gasteiger partial charge in [-0.2, -0.15) is 4.99 Å². The van der Waals surface area contributed by atoms with Gasteiger partial charge in [-0.3, -0.25) is 0 Å². The van der Waals surface area contributed by atoms with E-state index in [4.69, 9.17) is 5.11 Å². The van der Waals surface area contributed by atoms with Crippen molar-refractivity contribution in [1.29, 1.82) is 0 Å². The lowest BCUT2D eigenvalue weighted by Crippen LogP contribution is -2.08. The van der Waals surface area contributed by atoms with Crippen LogP contribution in [0.5, 0.6) is 0 Å². The summed E-state index contributed by atoms with van der Waals surface area (Å²) in [6.07, 6.45) is 0.0567. The molecule has 8 heavy (non-hydrogen) atoms. The third kappa shape index (κ3) is 4.94. The minimum Gasteiger partial charge on any atom is -0.463 e. The summed E-state index contributed by atoms with van der Waals surface area (Å²) in [5, 5.41) is 7.94. The van der Waals surface area contributed by atoms with E-state index in [9.17, 15) is 4.79 Å². The Bertz CT molecular complexity index is 109. The van der Waals surface area contributed by atoms with Crippen LogP contribution in [0.25, 0.3) is 0 Å². The van der Waals surface area contributed by atoms with Crippen LogP contribution >= 0.6 is 0 Å². The Labute approximate surface area is 47.4 Å². The van der Waals surface area contributed by atoms with Gasteiger partial charge >= 0.3 is 6.09 Å². The number of rotatable bonds is 1. The normalized spacial score (nSPS) is 9.75. The van der Waals surface area contributed by atoms with E-state index in [0.717, 1.165) is 0 Å². The van der Waals surface area contributed by atoms with Gasteiger partial charge < -0.3 is 10.0 Å². The first-order chi connectivity index (χ1) is 3.63. The molecule has 0 bridgehead atoms. The summed E-state index contributed by atoms with van der Waals surface area (Å²) in [6.45, 7) is 0. The van der Waals surface area contributed by atoms with E-state index in [-0.39, 0.29) is 0 Å². The molecule has 0 fully saturated rings. The topological polar surface area (TPSA) is 52.9 Å². The van der Waals surface area contributed by atoms with Crippen molar-refractivity contribution in [2.75, 3.05) is 14.1 Å². The van der Waals surface area contributed by atoms with Crippen molar-refractivity contribution in [3.63, 3.8) is 0 Å². The standard InChI is InChI=1S/C4H8N2O2/c1-6(2)3-5-4(7)8/h3H,1-2H3,(H,7,8). The number of nitrogens with zero attached hydrogens (tertiary/aromatic N) is 2. The molecule has 4 nitrogen and oxygen atoms in total. The minimum absolute atomic E-state index is 1.17. The van der Waals surface area contributed by atoms with E-state index < -0.39 is 6.09 Å². The number of amides is 1. The fourth-order valence-corrected chi connectivity index (χ4v) is 0.165. The van der Waals surface area contributed by atoms with Crippen LogP contribution in [0.4, 0.5) is 4.79 Å². The van der Waals surface area contributed by atoms with E-state index in [1.165, 1.54) is 6.34 Å². The summed E-state index contributed by atoms with van der Waals surface area (Å²) in [4.78, 5) is 14.3. The molecule has 0 aromatic heterocycles. The van der Waals surface area contributed by atoms with E-state index >= 15 is 0 Å². The largest absolute Gasteiger partial charge is 0.463 e. The predicted molar refractivity (Wildman–Crippen MR) is 30.2 cm³/mol. The molecule has 0 aromatic carbocycles. The van der Waals surface area contributed by atoms with Gasteiger partial charge in [0, 0.05) is 14.1 Å². The van der Waals surface area contributed by atoms with Crippen LogP contribution in [0, 0.1) is 0 Å². The molecule has 0 heterocycles. The number of hydrogen-bond donors (Lipinski definition) is 1. The van der Waals surface area contributed by atoms with Crippen molar-refractivity contribution in [2.45, 2.75) is 0 Å². The second-order valence-corrected chi connectivity index (χ2v) is 1.49. The molecular weight excluding hydrogens is 108 g/mol. The zero-order chi connectivity index (χ0) is 6.57. The van der Waals surface area contributed by atoms with Crippen LogP contribution in [-0.2, 0) is 0 Å². The minimum atomic E-state index is -1.17. The number of hydrogen-bond acceptors (Lipinski definition) is 1. The molecule has 46 valence electrons. The molecule has 0 rings (SSSR count). The van der Waals surface area contributed by atoms with Crippen molar-refractivity contribution in [3.8, 4) is 0 Å². The predicted octanol–water partition coefficient (Wildman–Crippen LogP) is 0.254. The highest BCUT2D eigenvalue weighted by Gasteiger charge is 1.83. The zero-order valence-corrected chi connectivity index (χ0v) is 4.83. The SMILES string of the molecule is CN(C)C=NC(=O)O. The van der Waals surface area contributed by atoms with Crippen molar-refractivity contribution >= 4 is 12.4 Å². The van der Waals surface area contributed by atoms with Gasteiger partial charge in [0.1, 0.15) is 0 Å². The van der Waals surface area contributed by atoms with Crippen LogP contribution in [-0.4, -0.2) is 36.5 Å². The molecule has 0 unspecified atom stereocenters. The monoisotopic (exact) mass is 116 g/mol. The van der Waals surface area contributed by atoms with Gasteiger partial charge in [0.05, 0.1) is 6.34 Å². The third-order valence-electron chi connectivity index (χ3n) is 0.399. The Morgan fingerprint density at radius 3 is 2.38 bits per heavy atom. The van der Waals surface area contributed by atoms with Crippen molar-refractivity contribution in [3.05, 3.63) is 0 Å². The lowest BCUT2D eigenvalue weighted by Gasteiger charge is -1.98. The van der Waals surface area contributed by atoms with Gasteiger partial charge in [-0.15, -0.1) is 0 Å². The van der Waals surface area contributed by atoms with Crippen LogP contribution in [0.1, 0.15) is 0 Å². The molecule has 0 aliphatic carbocycles. The molecule has 0 spiro atoms. The first kappa shape index (κ1) is 6.94. The molecule has 0 atom stereocenters. The summed E-state index contributed by atoms with van der Waals surface area (Å²) in [5.41, 5.74) is 0. The van der Waals surface area contributed by atoms with Gasteiger partial charge in [0.2, 0.25) is 0 Å². The Balaban J connectivity index is 3.50. The highest BCUT2D eigenvalue weighted by molar-refractivity contribution is 5.76. The Kier molecular flexibility index (Phi) is 2.61. The van der Waals surface area contributed by atoms with Gasteiger partial charge in [0.15, 0.2) is 0 Å². The van der Waals surface area contributed by atoms with Crippen molar-refractivity contribution in [2.24, 2.45) is 4.99 Å². The Morgan fingerprint density at radius 2 is 2.25 bits per heavy atom. The quantitative estimate of drug-likeness (QED) is 0.394. The first-order valence-electron chi connectivity index (χ1n) is 2.06. The molecule has 4 heteroatoms. The molecule has 0 aliphatic rings. The third-order valence-corrected chi connectivity index (χ3v) is 0.399. The molecule has 0 saturated carbocycles. The first-order valence-corrected chi connectivity index (χ1v) is 2.06. The van der Waals surface area contributed by atoms with E-state index in [1.54, 1.807) is 19.0 Å². The van der Waals surface area contributed by atoms with Crippen LogP contribution < -0.4 is 0 Å². The number of carbonyl (C=O) groups is 1. The fourth-order valence-electron chi connectivity index (χ4n) is 0.165. The van der Waals surface area contributed by atoms with Gasteiger partial charge in [0.25, 0.3) is 0 Å². The molecule has 0 saturated heterocycles. The summed E-state index contributed by atoms with van der Waals surface area (Å²) >= 11 is 0. The van der Waals surface area contributed by atoms with Crippen LogP contribution in [0.15, 0.2) is 4.99 Å². The summed E-state index contributed by atoms with van der Waals surface area (Å²) in [5.74, 6) is 0. The molecule has 0 aromatic rings. The molecule has 0 aliphatic heterocycles. The summed E-state index contributed by atoms with van der Waals surface area (Å²) < 4.78 is 0. The van der Waals surface area contributed by atoms with E-state index in [1.807, 2.05) is 0 Å². The Hall–Kier alpha value is -1.06. The summed E-state index contributed by atoms with van der Waals surface area (Å²) in [7, 11) is 3.40. The highest BCUT2D eigenvalue weighted by Crippen LogP contribution is 1.69.